The Bertz CT molecular complexity index is 1570. The molecule has 0 aliphatic heterocycles. The number of aromatic carboxylic acids is 1. The maximum absolute atomic E-state index is 13.3. The van der Waals surface area contributed by atoms with Crippen LogP contribution in [0.4, 0.5) is 0 Å². The maximum Gasteiger partial charge on any atom is 0.335 e. The number of aromatic nitrogens is 2. The summed E-state index contributed by atoms with van der Waals surface area (Å²) in [6, 6.07) is 14.7. The zero-order valence-corrected chi connectivity index (χ0v) is 19.2. The summed E-state index contributed by atoms with van der Waals surface area (Å²) in [5, 5.41) is 21.6. The zero-order valence-electron chi connectivity index (χ0n) is 19.2. The minimum absolute atomic E-state index is 0.129. The summed E-state index contributed by atoms with van der Waals surface area (Å²) in [6.45, 7) is 0. The number of carboxylic acids is 2. The van der Waals surface area contributed by atoms with Gasteiger partial charge in [0.05, 0.1) is 27.9 Å². The van der Waals surface area contributed by atoms with Crippen molar-refractivity contribution >= 4 is 34.4 Å². The van der Waals surface area contributed by atoms with Crippen LogP contribution in [-0.4, -0.2) is 43.5 Å². The van der Waals surface area contributed by atoms with Gasteiger partial charge in [-0.15, -0.1) is 0 Å². The van der Waals surface area contributed by atoms with Gasteiger partial charge in [-0.05, 0) is 73.2 Å². The molecular formula is C27H23N3O6. The lowest BCUT2D eigenvalue weighted by atomic mass is 9.86. The highest BCUT2D eigenvalue weighted by Crippen LogP contribution is 2.26. The number of hydrogen-bond donors (Lipinski definition) is 3. The van der Waals surface area contributed by atoms with Crippen LogP contribution >= 0.6 is 0 Å². The van der Waals surface area contributed by atoms with Crippen molar-refractivity contribution in [3.8, 4) is 11.1 Å². The van der Waals surface area contributed by atoms with Crippen molar-refractivity contribution in [3.63, 3.8) is 0 Å². The van der Waals surface area contributed by atoms with E-state index in [2.05, 4.69) is 10.3 Å². The Morgan fingerprint density at radius 2 is 1.61 bits per heavy atom. The van der Waals surface area contributed by atoms with Crippen LogP contribution in [0.3, 0.4) is 0 Å². The molecular weight excluding hydrogens is 462 g/mol. The van der Waals surface area contributed by atoms with Crippen LogP contribution < -0.4 is 10.9 Å². The van der Waals surface area contributed by atoms with E-state index in [1.54, 1.807) is 48.7 Å². The Balaban J connectivity index is 1.47. The van der Waals surface area contributed by atoms with Crippen molar-refractivity contribution in [3.05, 3.63) is 82.3 Å². The molecule has 36 heavy (non-hydrogen) atoms. The number of hydrogen-bond acceptors (Lipinski definition) is 5. The van der Waals surface area contributed by atoms with Crippen LogP contribution in [-0.2, 0) is 4.79 Å². The first-order valence-corrected chi connectivity index (χ1v) is 11.6. The van der Waals surface area contributed by atoms with Crippen LogP contribution in [0.2, 0.25) is 0 Å². The van der Waals surface area contributed by atoms with E-state index >= 15 is 0 Å². The maximum atomic E-state index is 13.3. The predicted octanol–water partition coefficient (Wildman–Crippen LogP) is 3.59. The molecule has 1 aliphatic carbocycles. The quantitative estimate of drug-likeness (QED) is 0.367. The lowest BCUT2D eigenvalue weighted by Crippen LogP contribution is -2.39. The van der Waals surface area contributed by atoms with Gasteiger partial charge in [-0.3, -0.25) is 18.8 Å². The van der Waals surface area contributed by atoms with Crippen molar-refractivity contribution in [2.75, 3.05) is 0 Å². The molecule has 9 nitrogen and oxygen atoms in total. The number of amides is 1. The smallest absolute Gasteiger partial charge is 0.335 e. The van der Waals surface area contributed by atoms with Gasteiger partial charge in [0.1, 0.15) is 0 Å². The van der Waals surface area contributed by atoms with Crippen molar-refractivity contribution in [1.82, 2.24) is 14.7 Å². The molecule has 0 radical (unpaired) electrons. The summed E-state index contributed by atoms with van der Waals surface area (Å²) in [6.07, 6.45) is 3.76. The summed E-state index contributed by atoms with van der Waals surface area (Å²) in [7, 11) is 0. The zero-order chi connectivity index (χ0) is 25.4. The first-order valence-electron chi connectivity index (χ1n) is 11.6. The number of rotatable bonds is 5. The van der Waals surface area contributed by atoms with E-state index < -0.39 is 11.9 Å². The third-order valence-electron chi connectivity index (χ3n) is 6.76. The standard InChI is InChI=1S/C27H23N3O6/c31-24(28-19-10-7-17(8-11-19)27(35)36)20-2-1-13-30-23(20)29-22-12-9-18(14-21(22)25(30)32)15-3-5-16(6-4-15)26(33)34/h1-6,9,12-14,17,19H,7-8,10-11H2,(H,28,31)(H,33,34)(H,35,36). The topological polar surface area (TPSA) is 138 Å². The molecule has 1 aliphatic rings. The number of nitrogens with zero attached hydrogens (tertiary/aromatic N) is 2. The summed E-state index contributed by atoms with van der Waals surface area (Å²) in [4.78, 5) is 53.3. The first-order chi connectivity index (χ1) is 17.3. The minimum atomic E-state index is -1.01. The van der Waals surface area contributed by atoms with Crippen molar-refractivity contribution in [2.24, 2.45) is 5.92 Å². The number of aliphatic carboxylic acids is 1. The van der Waals surface area contributed by atoms with E-state index in [4.69, 9.17) is 5.11 Å². The van der Waals surface area contributed by atoms with Crippen LogP contribution in [0.15, 0.2) is 65.6 Å². The molecule has 0 saturated heterocycles. The fourth-order valence-electron chi connectivity index (χ4n) is 4.74. The second-order valence-electron chi connectivity index (χ2n) is 9.01. The van der Waals surface area contributed by atoms with Gasteiger partial charge >= 0.3 is 11.9 Å². The van der Waals surface area contributed by atoms with Crippen molar-refractivity contribution in [1.29, 1.82) is 0 Å². The molecule has 1 saturated carbocycles. The number of fused-ring (bicyclic) bond motifs is 2. The Morgan fingerprint density at radius 1 is 0.917 bits per heavy atom. The third-order valence-corrected chi connectivity index (χ3v) is 6.76. The SMILES string of the molecule is O=C(O)c1ccc(-c2ccc3nc4c(C(=O)NC5CCC(C(=O)O)CC5)cccn4c(=O)c3c2)cc1. The third kappa shape index (κ3) is 4.31. The average molecular weight is 485 g/mol. The fraction of sp³-hybridized carbons (Fsp3) is 0.222. The number of nitrogens with one attached hydrogen (secondary N) is 1. The molecule has 5 rings (SSSR count). The van der Waals surface area contributed by atoms with E-state index in [1.807, 2.05) is 0 Å². The highest BCUT2D eigenvalue weighted by Gasteiger charge is 2.27. The number of benzene rings is 2. The van der Waals surface area contributed by atoms with Crippen molar-refractivity contribution in [2.45, 2.75) is 31.7 Å². The van der Waals surface area contributed by atoms with Crippen LogP contribution in [0.25, 0.3) is 27.7 Å². The number of carbonyl (C=O) groups excluding carboxylic acids is 1. The fourth-order valence-corrected chi connectivity index (χ4v) is 4.74. The van der Waals surface area contributed by atoms with Gasteiger partial charge in [0.2, 0.25) is 0 Å². The van der Waals surface area contributed by atoms with E-state index in [-0.39, 0.29) is 40.2 Å². The molecule has 3 N–H and O–H groups in total. The van der Waals surface area contributed by atoms with Crippen molar-refractivity contribution < 1.29 is 24.6 Å². The number of pyridine rings is 1. The molecule has 0 unspecified atom stereocenters. The highest BCUT2D eigenvalue weighted by atomic mass is 16.4. The van der Waals surface area contributed by atoms with E-state index in [9.17, 15) is 24.3 Å². The van der Waals surface area contributed by atoms with E-state index in [0.29, 0.717) is 36.6 Å². The summed E-state index contributed by atoms with van der Waals surface area (Å²) >= 11 is 0. The number of carboxylic acid groups (broad SMARTS) is 2. The summed E-state index contributed by atoms with van der Waals surface area (Å²) in [5.41, 5.74) is 2.30. The predicted molar refractivity (Wildman–Crippen MR) is 132 cm³/mol. The molecule has 1 fully saturated rings. The minimum Gasteiger partial charge on any atom is -0.481 e. The Labute approximate surface area is 205 Å². The molecule has 0 bridgehead atoms. The van der Waals surface area contributed by atoms with Gasteiger partial charge in [-0.1, -0.05) is 18.2 Å². The Kier molecular flexibility index (Phi) is 5.97. The molecule has 2 aromatic heterocycles. The van der Waals surface area contributed by atoms with Gasteiger partial charge in [0.25, 0.3) is 11.5 Å². The van der Waals surface area contributed by atoms with Crippen LogP contribution in [0.5, 0.6) is 0 Å². The molecule has 4 aromatic rings. The molecule has 0 atom stereocenters. The van der Waals surface area contributed by atoms with Gasteiger partial charge in [-0.25, -0.2) is 9.78 Å². The summed E-state index contributed by atoms with van der Waals surface area (Å²) < 4.78 is 1.34. The summed E-state index contributed by atoms with van der Waals surface area (Å²) in [5.74, 6) is -2.54. The second-order valence-corrected chi connectivity index (χ2v) is 9.01. The van der Waals surface area contributed by atoms with Gasteiger partial charge < -0.3 is 15.5 Å². The number of carbonyl (C=O) groups is 3. The normalized spacial score (nSPS) is 17.7. The molecule has 2 aromatic carbocycles. The lowest BCUT2D eigenvalue weighted by Gasteiger charge is -2.26. The Morgan fingerprint density at radius 3 is 2.28 bits per heavy atom. The van der Waals surface area contributed by atoms with E-state index in [0.717, 1.165) is 11.1 Å². The first kappa shape index (κ1) is 23.2. The van der Waals surface area contributed by atoms with Gasteiger partial charge in [0.15, 0.2) is 5.65 Å². The largest absolute Gasteiger partial charge is 0.481 e. The van der Waals surface area contributed by atoms with Gasteiger partial charge in [-0.2, -0.15) is 0 Å². The second kappa shape index (κ2) is 9.26. The molecule has 1 amide bonds. The van der Waals surface area contributed by atoms with Crippen LogP contribution in [0, 0.1) is 5.92 Å². The highest BCUT2D eigenvalue weighted by molar-refractivity contribution is 6.01. The molecule has 0 spiro atoms. The molecule has 182 valence electrons. The lowest BCUT2D eigenvalue weighted by molar-refractivity contribution is -0.142. The molecule has 2 heterocycles. The average Bonchev–Trinajstić information content (AvgIpc) is 2.88. The Hall–Kier alpha value is -4.53. The van der Waals surface area contributed by atoms with Gasteiger partial charge in [0, 0.05) is 12.2 Å². The van der Waals surface area contributed by atoms with E-state index in [1.165, 1.54) is 16.5 Å². The van der Waals surface area contributed by atoms with Crippen LogP contribution in [0.1, 0.15) is 46.4 Å². The molecule has 9 heteroatoms. The monoisotopic (exact) mass is 485 g/mol.